The summed E-state index contributed by atoms with van der Waals surface area (Å²) in [6.45, 7) is 0. The van der Waals surface area contributed by atoms with Crippen LogP contribution in [0.5, 0.6) is 0 Å². The fraction of sp³-hybridized carbons (Fsp3) is 1.00. The fourth-order valence-corrected chi connectivity index (χ4v) is 2.72. The molecule has 0 amide bonds. The standard InChI is InChI=1S/C9H17NO/c1-10(2)9(11)7-5-3-4-6-8(7)9/h7-8,11H,3-6H2,1-2H3. The molecule has 0 radical (unpaired) electrons. The van der Waals surface area contributed by atoms with Gasteiger partial charge >= 0.3 is 0 Å². The van der Waals surface area contributed by atoms with Crippen LogP contribution >= 0.6 is 0 Å². The molecule has 2 unspecified atom stereocenters. The van der Waals surface area contributed by atoms with Gasteiger partial charge in [-0.3, -0.25) is 4.90 Å². The summed E-state index contributed by atoms with van der Waals surface area (Å²) in [5.74, 6) is 1.18. The van der Waals surface area contributed by atoms with Gasteiger partial charge in [0, 0.05) is 11.8 Å². The minimum absolute atomic E-state index is 0.420. The van der Waals surface area contributed by atoms with E-state index in [0.29, 0.717) is 11.8 Å². The lowest BCUT2D eigenvalue weighted by Crippen LogP contribution is -2.33. The Labute approximate surface area is 68.2 Å². The SMILES string of the molecule is CN(C)C1(O)C2CCCCC21. The summed E-state index contributed by atoms with van der Waals surface area (Å²) in [5.41, 5.74) is -0.420. The quantitative estimate of drug-likeness (QED) is 0.572. The third kappa shape index (κ3) is 0.859. The van der Waals surface area contributed by atoms with Crippen molar-refractivity contribution in [1.82, 2.24) is 4.90 Å². The molecule has 2 aliphatic rings. The molecule has 2 saturated carbocycles. The third-order valence-corrected chi connectivity index (χ3v) is 3.46. The summed E-state index contributed by atoms with van der Waals surface area (Å²) in [4.78, 5) is 1.99. The molecule has 0 bridgehead atoms. The second-order valence-corrected chi connectivity index (χ2v) is 4.17. The van der Waals surface area contributed by atoms with Crippen molar-refractivity contribution < 1.29 is 5.11 Å². The molecule has 0 aromatic rings. The Kier molecular flexibility index (Phi) is 1.52. The molecular weight excluding hydrogens is 138 g/mol. The molecule has 0 saturated heterocycles. The van der Waals surface area contributed by atoms with Crippen LogP contribution in [-0.4, -0.2) is 29.8 Å². The van der Waals surface area contributed by atoms with E-state index in [1.165, 1.54) is 25.7 Å². The lowest BCUT2D eigenvalue weighted by atomic mass is 10.0. The van der Waals surface area contributed by atoms with E-state index in [2.05, 4.69) is 0 Å². The van der Waals surface area contributed by atoms with Gasteiger partial charge in [-0.1, -0.05) is 12.8 Å². The molecule has 0 heterocycles. The Morgan fingerprint density at radius 2 is 1.64 bits per heavy atom. The minimum Gasteiger partial charge on any atom is -0.375 e. The molecule has 2 rings (SSSR count). The molecule has 0 aromatic carbocycles. The van der Waals surface area contributed by atoms with Crippen molar-refractivity contribution in [2.75, 3.05) is 14.1 Å². The average molecular weight is 155 g/mol. The second-order valence-electron chi connectivity index (χ2n) is 4.17. The van der Waals surface area contributed by atoms with Gasteiger partial charge in [-0.15, -0.1) is 0 Å². The highest BCUT2D eigenvalue weighted by Gasteiger charge is 2.65. The zero-order valence-electron chi connectivity index (χ0n) is 7.38. The summed E-state index contributed by atoms with van der Waals surface area (Å²) >= 11 is 0. The van der Waals surface area contributed by atoms with Gasteiger partial charge in [0.25, 0.3) is 0 Å². The topological polar surface area (TPSA) is 23.5 Å². The Morgan fingerprint density at radius 3 is 2.00 bits per heavy atom. The van der Waals surface area contributed by atoms with Crippen LogP contribution in [0, 0.1) is 11.8 Å². The van der Waals surface area contributed by atoms with Crippen molar-refractivity contribution in [2.45, 2.75) is 31.4 Å². The molecule has 0 aliphatic heterocycles. The van der Waals surface area contributed by atoms with Crippen LogP contribution in [-0.2, 0) is 0 Å². The van der Waals surface area contributed by atoms with E-state index in [1.54, 1.807) is 0 Å². The maximum Gasteiger partial charge on any atom is 0.124 e. The lowest BCUT2D eigenvalue weighted by Gasteiger charge is -2.19. The smallest absolute Gasteiger partial charge is 0.124 e. The van der Waals surface area contributed by atoms with Gasteiger partial charge in [0.05, 0.1) is 0 Å². The molecule has 0 aromatic heterocycles. The minimum atomic E-state index is -0.420. The van der Waals surface area contributed by atoms with Crippen LogP contribution in [0.4, 0.5) is 0 Å². The molecule has 2 nitrogen and oxygen atoms in total. The highest BCUT2D eigenvalue weighted by atomic mass is 16.3. The summed E-state index contributed by atoms with van der Waals surface area (Å²) in [7, 11) is 3.97. The van der Waals surface area contributed by atoms with Gasteiger partial charge < -0.3 is 5.11 Å². The average Bonchev–Trinajstić information content (AvgIpc) is 2.61. The van der Waals surface area contributed by atoms with Crippen molar-refractivity contribution in [2.24, 2.45) is 11.8 Å². The van der Waals surface area contributed by atoms with Crippen molar-refractivity contribution >= 4 is 0 Å². The Hall–Kier alpha value is -0.0800. The molecule has 64 valence electrons. The van der Waals surface area contributed by atoms with Crippen LogP contribution in [0.2, 0.25) is 0 Å². The molecule has 2 heteroatoms. The number of aliphatic hydroxyl groups is 1. The van der Waals surface area contributed by atoms with Crippen LogP contribution in [0.3, 0.4) is 0 Å². The van der Waals surface area contributed by atoms with E-state index in [9.17, 15) is 5.11 Å². The molecule has 2 aliphatic carbocycles. The predicted octanol–water partition coefficient (Wildman–Crippen LogP) is 1.06. The van der Waals surface area contributed by atoms with E-state index in [1.807, 2.05) is 19.0 Å². The summed E-state index contributed by atoms with van der Waals surface area (Å²) in [6, 6.07) is 0. The lowest BCUT2D eigenvalue weighted by molar-refractivity contribution is -0.0131. The van der Waals surface area contributed by atoms with Gasteiger partial charge in [-0.25, -0.2) is 0 Å². The normalized spacial score (nSPS) is 49.1. The third-order valence-electron chi connectivity index (χ3n) is 3.46. The van der Waals surface area contributed by atoms with E-state index in [4.69, 9.17) is 0 Å². The van der Waals surface area contributed by atoms with Crippen LogP contribution in [0.25, 0.3) is 0 Å². The molecule has 2 atom stereocenters. The van der Waals surface area contributed by atoms with Crippen molar-refractivity contribution in [3.8, 4) is 0 Å². The zero-order valence-corrected chi connectivity index (χ0v) is 7.38. The first kappa shape index (κ1) is 7.56. The van der Waals surface area contributed by atoms with Crippen LogP contribution < -0.4 is 0 Å². The van der Waals surface area contributed by atoms with Gasteiger partial charge in [0.1, 0.15) is 5.72 Å². The summed E-state index contributed by atoms with van der Waals surface area (Å²) in [6.07, 6.45) is 5.10. The zero-order chi connectivity index (χ0) is 8.06. The first-order valence-corrected chi connectivity index (χ1v) is 4.57. The summed E-state index contributed by atoms with van der Waals surface area (Å²) in [5, 5.41) is 10.1. The molecule has 0 spiro atoms. The molecule has 1 N–H and O–H groups in total. The molecule has 2 fully saturated rings. The highest BCUT2D eigenvalue weighted by molar-refractivity contribution is 5.11. The molecule has 11 heavy (non-hydrogen) atoms. The number of nitrogens with zero attached hydrogens (tertiary/aromatic N) is 1. The van der Waals surface area contributed by atoms with E-state index < -0.39 is 5.72 Å². The second kappa shape index (κ2) is 2.20. The first-order valence-electron chi connectivity index (χ1n) is 4.57. The largest absolute Gasteiger partial charge is 0.375 e. The highest BCUT2D eigenvalue weighted by Crippen LogP contribution is 2.59. The van der Waals surface area contributed by atoms with E-state index in [-0.39, 0.29) is 0 Å². The Bertz CT molecular complexity index is 155. The van der Waals surface area contributed by atoms with E-state index in [0.717, 1.165) is 0 Å². The maximum atomic E-state index is 10.1. The number of hydrogen-bond acceptors (Lipinski definition) is 2. The van der Waals surface area contributed by atoms with Crippen molar-refractivity contribution in [3.63, 3.8) is 0 Å². The number of hydrogen-bond donors (Lipinski definition) is 1. The first-order chi connectivity index (χ1) is 5.17. The Morgan fingerprint density at radius 1 is 1.18 bits per heavy atom. The predicted molar refractivity (Wildman–Crippen MR) is 44.1 cm³/mol. The fourth-order valence-electron chi connectivity index (χ4n) is 2.72. The number of fused-ring (bicyclic) bond motifs is 1. The van der Waals surface area contributed by atoms with Crippen LogP contribution in [0.1, 0.15) is 25.7 Å². The van der Waals surface area contributed by atoms with E-state index >= 15 is 0 Å². The van der Waals surface area contributed by atoms with Gasteiger partial charge in [-0.05, 0) is 26.9 Å². The molecular formula is C9H17NO. The maximum absolute atomic E-state index is 10.1. The monoisotopic (exact) mass is 155 g/mol. The summed E-state index contributed by atoms with van der Waals surface area (Å²) < 4.78 is 0. The van der Waals surface area contributed by atoms with Gasteiger partial charge in [0.15, 0.2) is 0 Å². The van der Waals surface area contributed by atoms with Gasteiger partial charge in [-0.2, -0.15) is 0 Å². The van der Waals surface area contributed by atoms with Gasteiger partial charge in [0.2, 0.25) is 0 Å². The van der Waals surface area contributed by atoms with Crippen molar-refractivity contribution in [3.05, 3.63) is 0 Å². The van der Waals surface area contributed by atoms with Crippen molar-refractivity contribution in [1.29, 1.82) is 0 Å². The van der Waals surface area contributed by atoms with Crippen LogP contribution in [0.15, 0.2) is 0 Å². The number of rotatable bonds is 1. The Balaban J connectivity index is 2.08.